The number of hydrogen-bond donors (Lipinski definition) is 0. The summed E-state index contributed by atoms with van der Waals surface area (Å²) in [5, 5.41) is 0. The predicted molar refractivity (Wildman–Crippen MR) is 57.8 cm³/mol. The van der Waals surface area contributed by atoms with Crippen molar-refractivity contribution in [2.75, 3.05) is 0 Å². The lowest BCUT2D eigenvalue weighted by molar-refractivity contribution is -0.107. The highest BCUT2D eigenvalue weighted by Gasteiger charge is 1.86. The molecule has 0 aromatic heterocycles. The summed E-state index contributed by atoms with van der Waals surface area (Å²) >= 11 is 0. The van der Waals surface area contributed by atoms with Gasteiger partial charge in [0, 0.05) is 6.42 Å². The van der Waals surface area contributed by atoms with E-state index in [1.165, 1.54) is 38.5 Å². The van der Waals surface area contributed by atoms with Gasteiger partial charge in [0.05, 0.1) is 0 Å². The molecule has 13 heavy (non-hydrogen) atoms. The minimum atomic E-state index is 0.736. The summed E-state index contributed by atoms with van der Waals surface area (Å²) in [6.07, 6.45) is 14.8. The summed E-state index contributed by atoms with van der Waals surface area (Å²) in [7, 11) is 0. The van der Waals surface area contributed by atoms with Crippen molar-refractivity contribution in [3.8, 4) is 0 Å². The van der Waals surface area contributed by atoms with Gasteiger partial charge < -0.3 is 4.79 Å². The number of hydrogen-bond acceptors (Lipinski definition) is 1. The highest BCUT2D eigenvalue weighted by molar-refractivity contribution is 5.48. The van der Waals surface area contributed by atoms with Gasteiger partial charge in [-0.1, -0.05) is 38.3 Å². The molecule has 76 valence electrons. The minimum absolute atomic E-state index is 0.736. The topological polar surface area (TPSA) is 17.1 Å². The summed E-state index contributed by atoms with van der Waals surface area (Å²) < 4.78 is 0. The van der Waals surface area contributed by atoms with E-state index in [1.54, 1.807) is 0 Å². The molecule has 1 heteroatoms. The first kappa shape index (κ1) is 12.4. The third kappa shape index (κ3) is 11.4. The van der Waals surface area contributed by atoms with Crippen LogP contribution in [0.25, 0.3) is 0 Å². The Balaban J connectivity index is 2.97. The van der Waals surface area contributed by atoms with Crippen LogP contribution in [0.3, 0.4) is 0 Å². The number of carbonyl (C=O) groups is 1. The molecule has 0 spiro atoms. The quantitative estimate of drug-likeness (QED) is 0.300. The van der Waals surface area contributed by atoms with Crippen molar-refractivity contribution in [3.63, 3.8) is 0 Å². The SMILES string of the molecule is CCCC/C=C/CCCCCC=O. The maximum absolute atomic E-state index is 10.00. The van der Waals surface area contributed by atoms with Gasteiger partial charge in [-0.2, -0.15) is 0 Å². The first-order valence-corrected chi connectivity index (χ1v) is 5.50. The standard InChI is InChI=1S/C12H22O/c1-2-3-4-5-6-7-8-9-10-11-12-13/h5-6,12H,2-4,7-11H2,1H3/b6-5+. The average molecular weight is 182 g/mol. The van der Waals surface area contributed by atoms with Crippen molar-refractivity contribution in [1.29, 1.82) is 0 Å². The number of allylic oxidation sites excluding steroid dienone is 2. The van der Waals surface area contributed by atoms with Crippen molar-refractivity contribution in [1.82, 2.24) is 0 Å². The van der Waals surface area contributed by atoms with E-state index in [2.05, 4.69) is 19.1 Å². The van der Waals surface area contributed by atoms with Crippen LogP contribution in [0.15, 0.2) is 12.2 Å². The van der Waals surface area contributed by atoms with Crippen LogP contribution in [0, 0.1) is 0 Å². The first-order valence-electron chi connectivity index (χ1n) is 5.50. The zero-order valence-electron chi connectivity index (χ0n) is 8.80. The average Bonchev–Trinajstić information content (AvgIpc) is 2.16. The van der Waals surface area contributed by atoms with Crippen molar-refractivity contribution in [2.24, 2.45) is 0 Å². The Hall–Kier alpha value is -0.590. The smallest absolute Gasteiger partial charge is 0.119 e. The van der Waals surface area contributed by atoms with Crippen molar-refractivity contribution >= 4 is 6.29 Å². The maximum Gasteiger partial charge on any atom is 0.119 e. The molecule has 0 aliphatic rings. The normalized spacial score (nSPS) is 10.8. The van der Waals surface area contributed by atoms with E-state index >= 15 is 0 Å². The van der Waals surface area contributed by atoms with Crippen LogP contribution >= 0.6 is 0 Å². The van der Waals surface area contributed by atoms with Gasteiger partial charge in [0.2, 0.25) is 0 Å². The van der Waals surface area contributed by atoms with Crippen molar-refractivity contribution in [2.45, 2.75) is 58.3 Å². The third-order valence-corrected chi connectivity index (χ3v) is 2.08. The largest absolute Gasteiger partial charge is 0.303 e. The molecule has 0 bridgehead atoms. The van der Waals surface area contributed by atoms with Crippen LogP contribution in [0.1, 0.15) is 58.3 Å². The monoisotopic (exact) mass is 182 g/mol. The molecule has 0 N–H and O–H groups in total. The number of rotatable bonds is 9. The van der Waals surface area contributed by atoms with Gasteiger partial charge in [-0.3, -0.25) is 0 Å². The molecule has 0 amide bonds. The number of unbranched alkanes of at least 4 members (excludes halogenated alkanes) is 6. The van der Waals surface area contributed by atoms with Gasteiger partial charge in [-0.05, 0) is 25.7 Å². The van der Waals surface area contributed by atoms with Crippen LogP contribution in [0.5, 0.6) is 0 Å². The van der Waals surface area contributed by atoms with Gasteiger partial charge >= 0.3 is 0 Å². The van der Waals surface area contributed by atoms with Gasteiger partial charge in [0.1, 0.15) is 6.29 Å². The molecule has 0 saturated heterocycles. The highest BCUT2D eigenvalue weighted by atomic mass is 16.1. The van der Waals surface area contributed by atoms with Crippen LogP contribution in [0.2, 0.25) is 0 Å². The van der Waals surface area contributed by atoms with E-state index in [0.717, 1.165) is 19.1 Å². The lowest BCUT2D eigenvalue weighted by Crippen LogP contribution is -1.77. The molecule has 0 fully saturated rings. The molecule has 0 rings (SSSR count). The molecule has 0 saturated carbocycles. The number of carbonyl (C=O) groups excluding carboxylic acids is 1. The van der Waals surface area contributed by atoms with Crippen molar-refractivity contribution < 1.29 is 4.79 Å². The Morgan fingerprint density at radius 2 is 1.46 bits per heavy atom. The van der Waals surface area contributed by atoms with Crippen LogP contribution in [-0.4, -0.2) is 6.29 Å². The zero-order chi connectivity index (χ0) is 9.78. The second-order valence-corrected chi connectivity index (χ2v) is 3.42. The maximum atomic E-state index is 10.00. The molecule has 0 unspecified atom stereocenters. The van der Waals surface area contributed by atoms with E-state index < -0.39 is 0 Å². The summed E-state index contributed by atoms with van der Waals surface area (Å²) in [5.41, 5.74) is 0. The highest BCUT2D eigenvalue weighted by Crippen LogP contribution is 2.03. The van der Waals surface area contributed by atoms with Crippen LogP contribution in [-0.2, 0) is 4.79 Å². The summed E-state index contributed by atoms with van der Waals surface area (Å²) in [6.45, 7) is 2.22. The fourth-order valence-electron chi connectivity index (χ4n) is 1.22. The Bertz CT molecular complexity index is 127. The van der Waals surface area contributed by atoms with E-state index in [0.29, 0.717) is 0 Å². The molecule has 1 nitrogen and oxygen atoms in total. The summed E-state index contributed by atoms with van der Waals surface area (Å²) in [6, 6.07) is 0. The molecular formula is C12H22O. The van der Waals surface area contributed by atoms with E-state index in [1.807, 2.05) is 0 Å². The van der Waals surface area contributed by atoms with Crippen molar-refractivity contribution in [3.05, 3.63) is 12.2 Å². The third-order valence-electron chi connectivity index (χ3n) is 2.08. The molecule has 0 aromatic carbocycles. The van der Waals surface area contributed by atoms with Gasteiger partial charge in [0.25, 0.3) is 0 Å². The second-order valence-electron chi connectivity index (χ2n) is 3.42. The molecule has 0 aliphatic heterocycles. The van der Waals surface area contributed by atoms with Gasteiger partial charge in [-0.25, -0.2) is 0 Å². The van der Waals surface area contributed by atoms with Gasteiger partial charge in [-0.15, -0.1) is 0 Å². The van der Waals surface area contributed by atoms with E-state index in [9.17, 15) is 4.79 Å². The summed E-state index contributed by atoms with van der Waals surface area (Å²) in [5.74, 6) is 0. The molecule has 0 aliphatic carbocycles. The lowest BCUT2D eigenvalue weighted by atomic mass is 10.1. The lowest BCUT2D eigenvalue weighted by Gasteiger charge is -1.93. The predicted octanol–water partition coefficient (Wildman–Crippen LogP) is 3.88. The Labute approximate surface area is 82.2 Å². The van der Waals surface area contributed by atoms with E-state index in [-0.39, 0.29) is 0 Å². The molecule has 0 aromatic rings. The first-order chi connectivity index (χ1) is 6.41. The molecule has 0 atom stereocenters. The fraction of sp³-hybridized carbons (Fsp3) is 0.750. The van der Waals surface area contributed by atoms with Gasteiger partial charge in [0.15, 0.2) is 0 Å². The number of aldehydes is 1. The second kappa shape index (κ2) is 11.4. The zero-order valence-corrected chi connectivity index (χ0v) is 8.80. The summed E-state index contributed by atoms with van der Waals surface area (Å²) in [4.78, 5) is 10.00. The Kier molecular flexibility index (Phi) is 10.9. The fourth-order valence-corrected chi connectivity index (χ4v) is 1.22. The Morgan fingerprint density at radius 3 is 2.08 bits per heavy atom. The Morgan fingerprint density at radius 1 is 0.846 bits per heavy atom. The minimum Gasteiger partial charge on any atom is -0.303 e. The van der Waals surface area contributed by atoms with E-state index in [4.69, 9.17) is 0 Å². The van der Waals surface area contributed by atoms with Crippen LogP contribution in [0.4, 0.5) is 0 Å². The molecular weight excluding hydrogens is 160 g/mol. The van der Waals surface area contributed by atoms with Crippen LogP contribution < -0.4 is 0 Å². The molecule has 0 radical (unpaired) electrons. The molecule has 0 heterocycles.